The van der Waals surface area contributed by atoms with Crippen LogP contribution >= 0.6 is 11.6 Å². The van der Waals surface area contributed by atoms with Crippen LogP contribution in [0.1, 0.15) is 29.8 Å². The molecule has 1 aliphatic rings. The van der Waals surface area contributed by atoms with Gasteiger partial charge in [-0.15, -0.1) is 0 Å². The van der Waals surface area contributed by atoms with Gasteiger partial charge in [-0.05, 0) is 23.8 Å². The molecule has 140 valence electrons. The fraction of sp³-hybridized carbons (Fsp3) is 0.238. The number of ether oxygens (including phenoxy) is 1. The van der Waals surface area contributed by atoms with Crippen LogP contribution in [0.15, 0.2) is 54.2 Å². The Kier molecular flexibility index (Phi) is 5.07. The molecule has 1 aliphatic heterocycles. The van der Waals surface area contributed by atoms with Crippen LogP contribution in [-0.2, 0) is 14.9 Å². The van der Waals surface area contributed by atoms with E-state index in [1.54, 1.807) is 0 Å². The number of allylic oxidation sites excluding steroid dienone is 1. The van der Waals surface area contributed by atoms with E-state index < -0.39 is 24.2 Å². The maximum atomic E-state index is 13.8. The Hall–Kier alpha value is -2.66. The molecule has 0 aliphatic carbocycles. The SMILES string of the molecule is CN1/C(=C\C(=O)COC(=O)c2c(F)cccc2Cl)C(C)(C)c2ccccc21. The highest BCUT2D eigenvalue weighted by atomic mass is 35.5. The maximum absolute atomic E-state index is 13.8. The molecular formula is C21H19ClFNO3. The summed E-state index contributed by atoms with van der Waals surface area (Å²) in [6.07, 6.45) is 1.47. The van der Waals surface area contributed by atoms with E-state index in [1.165, 1.54) is 18.2 Å². The van der Waals surface area contributed by atoms with Crippen molar-refractivity contribution in [2.45, 2.75) is 19.3 Å². The average molecular weight is 388 g/mol. The van der Waals surface area contributed by atoms with Crippen LogP contribution in [0.25, 0.3) is 0 Å². The summed E-state index contributed by atoms with van der Waals surface area (Å²) in [6.45, 7) is 3.56. The number of anilines is 1. The number of para-hydroxylation sites is 1. The van der Waals surface area contributed by atoms with E-state index in [-0.39, 0.29) is 16.0 Å². The van der Waals surface area contributed by atoms with E-state index in [0.29, 0.717) is 0 Å². The van der Waals surface area contributed by atoms with Crippen molar-refractivity contribution in [2.75, 3.05) is 18.6 Å². The summed E-state index contributed by atoms with van der Waals surface area (Å²) < 4.78 is 18.7. The summed E-state index contributed by atoms with van der Waals surface area (Å²) in [7, 11) is 1.89. The average Bonchev–Trinajstić information content (AvgIpc) is 2.81. The molecule has 0 bridgehead atoms. The lowest BCUT2D eigenvalue weighted by Crippen LogP contribution is -2.25. The van der Waals surface area contributed by atoms with E-state index >= 15 is 0 Å². The fourth-order valence-electron chi connectivity index (χ4n) is 3.35. The minimum absolute atomic E-state index is 0.0575. The third-order valence-electron chi connectivity index (χ3n) is 4.75. The Labute approximate surface area is 162 Å². The Balaban J connectivity index is 1.75. The number of hydrogen-bond acceptors (Lipinski definition) is 4. The molecule has 2 aromatic carbocycles. The van der Waals surface area contributed by atoms with Gasteiger partial charge in [-0.3, -0.25) is 4.79 Å². The molecular weight excluding hydrogens is 369 g/mol. The number of halogens is 2. The number of rotatable bonds is 4. The number of benzene rings is 2. The van der Waals surface area contributed by atoms with Crippen LogP contribution < -0.4 is 4.90 Å². The number of hydrogen-bond donors (Lipinski definition) is 0. The summed E-state index contributed by atoms with van der Waals surface area (Å²) in [5, 5.41) is -0.0575. The molecule has 0 radical (unpaired) electrons. The molecule has 0 saturated heterocycles. The van der Waals surface area contributed by atoms with E-state index in [4.69, 9.17) is 16.3 Å². The first-order chi connectivity index (χ1) is 12.7. The Morgan fingerprint density at radius 2 is 1.89 bits per heavy atom. The van der Waals surface area contributed by atoms with Crippen molar-refractivity contribution >= 4 is 29.0 Å². The molecule has 6 heteroatoms. The van der Waals surface area contributed by atoms with Gasteiger partial charge < -0.3 is 9.64 Å². The predicted octanol–water partition coefficient (Wildman–Crippen LogP) is 4.52. The van der Waals surface area contributed by atoms with Crippen LogP contribution in [0, 0.1) is 5.82 Å². The van der Waals surface area contributed by atoms with Crippen LogP contribution in [0.2, 0.25) is 5.02 Å². The summed E-state index contributed by atoms with van der Waals surface area (Å²) in [5.74, 6) is -2.14. The zero-order valence-corrected chi connectivity index (χ0v) is 16.0. The topological polar surface area (TPSA) is 46.6 Å². The second-order valence-electron chi connectivity index (χ2n) is 6.87. The van der Waals surface area contributed by atoms with Crippen LogP contribution in [0.5, 0.6) is 0 Å². The van der Waals surface area contributed by atoms with Gasteiger partial charge in [-0.1, -0.05) is 49.7 Å². The van der Waals surface area contributed by atoms with Gasteiger partial charge in [0.15, 0.2) is 12.4 Å². The number of likely N-dealkylation sites (N-methyl/N-ethyl adjacent to an activating group) is 1. The molecule has 4 nitrogen and oxygen atoms in total. The normalized spacial score (nSPS) is 16.3. The number of carbonyl (C=O) groups is 2. The molecule has 1 heterocycles. The quantitative estimate of drug-likeness (QED) is 0.571. The summed E-state index contributed by atoms with van der Waals surface area (Å²) in [5.41, 5.74) is 2.21. The number of ketones is 1. The summed E-state index contributed by atoms with van der Waals surface area (Å²) in [6, 6.07) is 11.8. The van der Waals surface area contributed by atoms with Gasteiger partial charge in [0.25, 0.3) is 0 Å². The molecule has 0 aromatic heterocycles. The maximum Gasteiger partial charge on any atom is 0.343 e. The minimum atomic E-state index is -0.966. The van der Waals surface area contributed by atoms with Gasteiger partial charge in [0, 0.05) is 29.9 Å². The zero-order valence-electron chi connectivity index (χ0n) is 15.3. The van der Waals surface area contributed by atoms with Crippen LogP contribution in [0.4, 0.5) is 10.1 Å². The summed E-state index contributed by atoms with van der Waals surface area (Å²) in [4.78, 5) is 26.4. The van der Waals surface area contributed by atoms with Gasteiger partial charge in [-0.25, -0.2) is 9.18 Å². The third kappa shape index (κ3) is 3.47. The highest BCUT2D eigenvalue weighted by molar-refractivity contribution is 6.33. The largest absolute Gasteiger partial charge is 0.454 e. The number of nitrogens with zero attached hydrogens (tertiary/aromatic N) is 1. The second kappa shape index (κ2) is 7.16. The summed E-state index contributed by atoms with van der Waals surface area (Å²) >= 11 is 5.84. The van der Waals surface area contributed by atoms with E-state index in [0.717, 1.165) is 23.0 Å². The Morgan fingerprint density at radius 3 is 2.56 bits per heavy atom. The lowest BCUT2D eigenvalue weighted by molar-refractivity contribution is -0.117. The van der Waals surface area contributed by atoms with Gasteiger partial charge in [0.2, 0.25) is 0 Å². The highest BCUT2D eigenvalue weighted by Crippen LogP contribution is 2.46. The van der Waals surface area contributed by atoms with Crippen molar-refractivity contribution in [1.82, 2.24) is 0 Å². The molecule has 0 atom stereocenters. The minimum Gasteiger partial charge on any atom is -0.454 e. The van der Waals surface area contributed by atoms with Gasteiger partial charge in [0.05, 0.1) is 5.02 Å². The van der Waals surface area contributed by atoms with Crippen LogP contribution in [-0.4, -0.2) is 25.4 Å². The third-order valence-corrected chi connectivity index (χ3v) is 5.07. The Morgan fingerprint density at radius 1 is 1.19 bits per heavy atom. The molecule has 27 heavy (non-hydrogen) atoms. The second-order valence-corrected chi connectivity index (χ2v) is 7.28. The van der Waals surface area contributed by atoms with Gasteiger partial charge >= 0.3 is 5.97 Å². The van der Waals surface area contributed by atoms with E-state index in [2.05, 4.69) is 0 Å². The van der Waals surface area contributed by atoms with E-state index in [9.17, 15) is 14.0 Å². The van der Waals surface area contributed by atoms with Crippen molar-refractivity contribution in [1.29, 1.82) is 0 Å². The van der Waals surface area contributed by atoms with Crippen molar-refractivity contribution < 1.29 is 18.7 Å². The van der Waals surface area contributed by atoms with Gasteiger partial charge in [0.1, 0.15) is 11.4 Å². The van der Waals surface area contributed by atoms with Crippen molar-refractivity contribution in [3.8, 4) is 0 Å². The smallest absolute Gasteiger partial charge is 0.343 e. The lowest BCUT2D eigenvalue weighted by Gasteiger charge is -2.23. The highest BCUT2D eigenvalue weighted by Gasteiger charge is 2.38. The number of fused-ring (bicyclic) bond motifs is 1. The Bertz CT molecular complexity index is 932. The van der Waals surface area contributed by atoms with Crippen molar-refractivity contribution in [2.24, 2.45) is 0 Å². The first-order valence-electron chi connectivity index (χ1n) is 8.43. The molecule has 2 aromatic rings. The van der Waals surface area contributed by atoms with Crippen molar-refractivity contribution in [3.05, 3.63) is 76.2 Å². The molecule has 0 N–H and O–H groups in total. The first kappa shape index (κ1) is 19.1. The predicted molar refractivity (Wildman–Crippen MR) is 103 cm³/mol. The number of carbonyl (C=O) groups excluding carboxylic acids is 2. The monoisotopic (exact) mass is 387 g/mol. The molecule has 0 unspecified atom stereocenters. The van der Waals surface area contributed by atoms with Crippen molar-refractivity contribution in [3.63, 3.8) is 0 Å². The molecule has 0 amide bonds. The van der Waals surface area contributed by atoms with Crippen LogP contribution in [0.3, 0.4) is 0 Å². The van der Waals surface area contributed by atoms with E-state index in [1.807, 2.05) is 50.1 Å². The number of esters is 1. The molecule has 0 saturated carbocycles. The lowest BCUT2D eigenvalue weighted by atomic mass is 9.83. The fourth-order valence-corrected chi connectivity index (χ4v) is 3.59. The standard InChI is InChI=1S/C21H19ClFNO3/c1-21(2)14-7-4-5-10-17(14)24(3)18(21)11-13(25)12-27-20(26)19-15(22)8-6-9-16(19)23/h4-11H,12H2,1-3H3/b18-11-. The zero-order chi connectivity index (χ0) is 19.8. The first-order valence-corrected chi connectivity index (χ1v) is 8.80. The molecule has 0 fully saturated rings. The molecule has 0 spiro atoms. The van der Waals surface area contributed by atoms with Gasteiger partial charge in [-0.2, -0.15) is 0 Å². The molecule has 3 rings (SSSR count).